The topological polar surface area (TPSA) is 57.6 Å². The van der Waals surface area contributed by atoms with Crippen LogP contribution in [0.15, 0.2) is 0 Å². The van der Waals surface area contributed by atoms with E-state index in [0.717, 1.165) is 19.3 Å². The Kier molecular flexibility index (Phi) is 2.67. The molecule has 4 nitrogen and oxygen atoms in total. The molecular weight excluding hydrogens is 194 g/mol. The molecule has 0 aromatic rings. The molecule has 2 fully saturated rings. The van der Waals surface area contributed by atoms with Crippen LogP contribution in [-0.4, -0.2) is 34.0 Å². The summed E-state index contributed by atoms with van der Waals surface area (Å²) >= 11 is 0. The molecule has 0 saturated carbocycles. The van der Waals surface area contributed by atoms with Gasteiger partial charge in [-0.2, -0.15) is 0 Å². The fourth-order valence-electron chi connectivity index (χ4n) is 3.01. The molecule has 0 unspecified atom stereocenters. The zero-order chi connectivity index (χ0) is 11.0. The van der Waals surface area contributed by atoms with Gasteiger partial charge in [-0.3, -0.25) is 4.79 Å². The molecule has 2 heterocycles. The molecular formula is C11H17NO3. The second-order valence-electron chi connectivity index (χ2n) is 4.51. The Labute approximate surface area is 89.3 Å². The maximum atomic E-state index is 11.6. The van der Waals surface area contributed by atoms with Crippen LogP contribution in [0.4, 0.5) is 0 Å². The van der Waals surface area contributed by atoms with Crippen LogP contribution in [0.1, 0.15) is 39.0 Å². The zero-order valence-electron chi connectivity index (χ0n) is 8.98. The number of hydrogen-bond acceptors (Lipinski definition) is 2. The number of amides is 1. The van der Waals surface area contributed by atoms with Crippen molar-refractivity contribution in [2.24, 2.45) is 5.92 Å². The fraction of sp³-hybridized carbons (Fsp3) is 0.818. The number of fused-ring (bicyclic) bond motifs is 1. The largest absolute Gasteiger partial charge is 0.480 e. The van der Waals surface area contributed by atoms with E-state index in [0.29, 0.717) is 18.8 Å². The van der Waals surface area contributed by atoms with Crippen molar-refractivity contribution in [2.45, 2.75) is 51.1 Å². The van der Waals surface area contributed by atoms with E-state index in [2.05, 4.69) is 6.92 Å². The van der Waals surface area contributed by atoms with Gasteiger partial charge in [0.15, 0.2) is 0 Å². The van der Waals surface area contributed by atoms with Gasteiger partial charge in [-0.05, 0) is 25.2 Å². The van der Waals surface area contributed by atoms with Gasteiger partial charge in [0.2, 0.25) is 5.91 Å². The maximum absolute atomic E-state index is 11.6. The van der Waals surface area contributed by atoms with Crippen LogP contribution in [0.3, 0.4) is 0 Å². The van der Waals surface area contributed by atoms with Gasteiger partial charge < -0.3 is 10.0 Å². The lowest BCUT2D eigenvalue weighted by atomic mass is 9.84. The highest BCUT2D eigenvalue weighted by molar-refractivity contribution is 5.85. The van der Waals surface area contributed by atoms with Gasteiger partial charge in [0.25, 0.3) is 0 Å². The van der Waals surface area contributed by atoms with Crippen molar-refractivity contribution in [2.75, 3.05) is 0 Å². The second kappa shape index (κ2) is 3.83. The molecule has 2 aliphatic heterocycles. The Bertz CT molecular complexity index is 290. The zero-order valence-corrected chi connectivity index (χ0v) is 8.98. The predicted octanol–water partition coefficient (Wildman–Crippen LogP) is 1.25. The minimum absolute atomic E-state index is 0.0329. The predicted molar refractivity (Wildman–Crippen MR) is 54.3 cm³/mol. The molecule has 3 atom stereocenters. The molecule has 15 heavy (non-hydrogen) atoms. The van der Waals surface area contributed by atoms with Crippen LogP contribution in [0.25, 0.3) is 0 Å². The first-order chi connectivity index (χ1) is 7.15. The summed E-state index contributed by atoms with van der Waals surface area (Å²) in [5.41, 5.74) is 0. The summed E-state index contributed by atoms with van der Waals surface area (Å²) < 4.78 is 0. The highest BCUT2D eigenvalue weighted by Crippen LogP contribution is 2.37. The van der Waals surface area contributed by atoms with Crippen molar-refractivity contribution in [3.8, 4) is 0 Å². The maximum Gasteiger partial charge on any atom is 0.326 e. The highest BCUT2D eigenvalue weighted by atomic mass is 16.4. The first-order valence-electron chi connectivity index (χ1n) is 5.69. The van der Waals surface area contributed by atoms with Gasteiger partial charge in [0.1, 0.15) is 6.04 Å². The first-order valence-corrected chi connectivity index (χ1v) is 5.69. The number of hydrogen-bond donors (Lipinski definition) is 1. The third-order valence-corrected chi connectivity index (χ3v) is 3.80. The van der Waals surface area contributed by atoms with E-state index < -0.39 is 12.0 Å². The summed E-state index contributed by atoms with van der Waals surface area (Å²) in [5.74, 6) is -0.303. The van der Waals surface area contributed by atoms with Crippen molar-refractivity contribution in [3.05, 3.63) is 0 Å². The summed E-state index contributed by atoms with van der Waals surface area (Å²) in [5, 5.41) is 9.07. The van der Waals surface area contributed by atoms with Crippen molar-refractivity contribution < 1.29 is 14.7 Å². The smallest absolute Gasteiger partial charge is 0.326 e. The van der Waals surface area contributed by atoms with Crippen molar-refractivity contribution in [1.82, 2.24) is 4.90 Å². The highest BCUT2D eigenvalue weighted by Gasteiger charge is 2.45. The summed E-state index contributed by atoms with van der Waals surface area (Å²) in [6.45, 7) is 2.12. The van der Waals surface area contributed by atoms with Gasteiger partial charge >= 0.3 is 5.97 Å². The van der Waals surface area contributed by atoms with Crippen molar-refractivity contribution in [1.29, 1.82) is 0 Å². The van der Waals surface area contributed by atoms with Crippen molar-refractivity contribution >= 4 is 11.9 Å². The van der Waals surface area contributed by atoms with E-state index in [4.69, 9.17) is 5.11 Å². The normalized spacial score (nSPS) is 35.4. The number of nitrogens with zero attached hydrogens (tertiary/aromatic N) is 1. The molecule has 2 aliphatic rings. The summed E-state index contributed by atoms with van der Waals surface area (Å²) in [4.78, 5) is 24.3. The van der Waals surface area contributed by atoms with Gasteiger partial charge in [-0.15, -0.1) is 0 Å². The molecule has 0 spiro atoms. The lowest BCUT2D eigenvalue weighted by Crippen LogP contribution is -2.52. The summed E-state index contributed by atoms with van der Waals surface area (Å²) in [6, 6.07) is -0.370. The van der Waals surface area contributed by atoms with Crippen LogP contribution >= 0.6 is 0 Å². The monoisotopic (exact) mass is 211 g/mol. The lowest BCUT2D eigenvalue weighted by molar-refractivity contribution is -0.153. The van der Waals surface area contributed by atoms with E-state index in [1.54, 1.807) is 4.90 Å². The molecule has 2 saturated heterocycles. The van der Waals surface area contributed by atoms with Gasteiger partial charge in [0, 0.05) is 12.5 Å². The molecule has 4 heteroatoms. The van der Waals surface area contributed by atoms with E-state index in [9.17, 15) is 9.59 Å². The standard InChI is InChI=1S/C11H17NO3/c1-2-7-3-4-9(11(14)15)12-8(7)5-6-10(12)13/h7-9H,2-6H2,1H3,(H,14,15)/t7-,8+,9+/m1/s1. The van der Waals surface area contributed by atoms with E-state index >= 15 is 0 Å². The van der Waals surface area contributed by atoms with Crippen LogP contribution in [-0.2, 0) is 9.59 Å². The quantitative estimate of drug-likeness (QED) is 0.747. The molecule has 0 aromatic heterocycles. The SMILES string of the molecule is CC[C@@H]1CC[C@@H](C(=O)O)N2C(=O)CC[C@@H]12. The number of rotatable bonds is 2. The van der Waals surface area contributed by atoms with Gasteiger partial charge in [-0.1, -0.05) is 13.3 Å². The van der Waals surface area contributed by atoms with Crippen LogP contribution < -0.4 is 0 Å². The average molecular weight is 211 g/mol. The Morgan fingerprint density at radius 2 is 2.20 bits per heavy atom. The number of carboxylic acid groups (broad SMARTS) is 1. The van der Waals surface area contributed by atoms with Gasteiger partial charge in [0.05, 0.1) is 0 Å². The first kappa shape index (κ1) is 10.5. The molecule has 0 aromatic carbocycles. The van der Waals surface area contributed by atoms with E-state index in [1.807, 2.05) is 0 Å². The minimum atomic E-state index is -0.843. The molecule has 1 N–H and O–H groups in total. The summed E-state index contributed by atoms with van der Waals surface area (Å²) in [7, 11) is 0. The van der Waals surface area contributed by atoms with E-state index in [-0.39, 0.29) is 11.9 Å². The molecule has 2 rings (SSSR count). The number of carbonyl (C=O) groups excluding carboxylic acids is 1. The average Bonchev–Trinajstić information content (AvgIpc) is 2.60. The van der Waals surface area contributed by atoms with Crippen molar-refractivity contribution in [3.63, 3.8) is 0 Å². The Hall–Kier alpha value is -1.06. The molecule has 0 bridgehead atoms. The van der Waals surface area contributed by atoms with Crippen LogP contribution in [0.5, 0.6) is 0 Å². The minimum Gasteiger partial charge on any atom is -0.480 e. The third-order valence-electron chi connectivity index (χ3n) is 3.80. The Balaban J connectivity index is 2.21. The van der Waals surface area contributed by atoms with Crippen LogP contribution in [0.2, 0.25) is 0 Å². The Morgan fingerprint density at radius 3 is 2.80 bits per heavy atom. The third kappa shape index (κ3) is 1.62. The molecule has 0 aliphatic carbocycles. The second-order valence-corrected chi connectivity index (χ2v) is 4.51. The van der Waals surface area contributed by atoms with E-state index in [1.165, 1.54) is 0 Å². The molecule has 84 valence electrons. The number of carbonyl (C=O) groups is 2. The molecule has 0 radical (unpaired) electrons. The van der Waals surface area contributed by atoms with Gasteiger partial charge in [-0.25, -0.2) is 4.79 Å². The lowest BCUT2D eigenvalue weighted by Gasteiger charge is -2.40. The number of piperidine rings is 1. The fourth-order valence-corrected chi connectivity index (χ4v) is 3.01. The molecule has 1 amide bonds. The number of carboxylic acids is 1. The summed E-state index contributed by atoms with van der Waals surface area (Å²) in [6.07, 6.45) is 3.99. The van der Waals surface area contributed by atoms with Crippen LogP contribution in [0, 0.1) is 5.92 Å². The Morgan fingerprint density at radius 1 is 1.47 bits per heavy atom. The number of aliphatic carboxylic acids is 1.